The second-order valence-corrected chi connectivity index (χ2v) is 5.60. The Balaban J connectivity index is 1.64. The number of nitrogens with zero attached hydrogens (tertiary/aromatic N) is 3. The summed E-state index contributed by atoms with van der Waals surface area (Å²) in [6.45, 7) is 4.99. The van der Waals surface area contributed by atoms with Crippen LogP contribution in [0.5, 0.6) is 0 Å². The van der Waals surface area contributed by atoms with Gasteiger partial charge in [-0.2, -0.15) is 0 Å². The number of hydrogen-bond acceptors (Lipinski definition) is 4. The number of aromatic nitrogens is 1. The third-order valence-corrected chi connectivity index (χ3v) is 3.93. The summed E-state index contributed by atoms with van der Waals surface area (Å²) in [5, 5.41) is 0. The lowest BCUT2D eigenvalue weighted by molar-refractivity contribution is 0.0746. The number of nitrogens with two attached hydrogens (primary N) is 1. The van der Waals surface area contributed by atoms with Gasteiger partial charge in [-0.1, -0.05) is 17.7 Å². The van der Waals surface area contributed by atoms with Gasteiger partial charge in [0.15, 0.2) is 0 Å². The summed E-state index contributed by atoms with van der Waals surface area (Å²) in [7, 11) is 0. The fourth-order valence-corrected chi connectivity index (χ4v) is 2.68. The summed E-state index contributed by atoms with van der Waals surface area (Å²) in [5.74, 6) is 1.02. The molecule has 0 unspecified atom stereocenters. The third-order valence-electron chi connectivity index (χ3n) is 3.93. The van der Waals surface area contributed by atoms with Gasteiger partial charge in [0, 0.05) is 31.7 Å². The molecule has 1 aromatic carbocycles. The number of aryl methyl sites for hydroxylation is 1. The van der Waals surface area contributed by atoms with Gasteiger partial charge < -0.3 is 15.5 Å². The number of carbonyl (C=O) groups excluding carboxylic acids is 1. The highest BCUT2D eigenvalue weighted by Gasteiger charge is 2.22. The monoisotopic (exact) mass is 296 g/mol. The molecule has 0 aliphatic carbocycles. The van der Waals surface area contributed by atoms with Crippen LogP contribution in [0.4, 0.5) is 11.5 Å². The Hall–Kier alpha value is -2.56. The molecule has 0 bridgehead atoms. The minimum atomic E-state index is 0.105. The Labute approximate surface area is 130 Å². The number of anilines is 2. The van der Waals surface area contributed by atoms with Crippen molar-refractivity contribution in [2.24, 2.45) is 0 Å². The van der Waals surface area contributed by atoms with Crippen molar-refractivity contribution in [1.29, 1.82) is 0 Å². The first kappa shape index (κ1) is 14.4. The number of hydrogen-bond donors (Lipinski definition) is 1. The number of rotatable bonds is 2. The normalized spacial score (nSPS) is 15.0. The van der Waals surface area contributed by atoms with Crippen LogP contribution in [0.3, 0.4) is 0 Å². The van der Waals surface area contributed by atoms with Crippen LogP contribution in [0.2, 0.25) is 0 Å². The lowest BCUT2D eigenvalue weighted by Crippen LogP contribution is -2.49. The smallest absolute Gasteiger partial charge is 0.253 e. The Morgan fingerprint density at radius 3 is 2.55 bits per heavy atom. The Morgan fingerprint density at radius 1 is 1.14 bits per heavy atom. The predicted molar refractivity (Wildman–Crippen MR) is 87.9 cm³/mol. The van der Waals surface area contributed by atoms with Crippen LogP contribution in [-0.2, 0) is 0 Å². The van der Waals surface area contributed by atoms with Crippen molar-refractivity contribution in [2.75, 3.05) is 36.8 Å². The number of benzene rings is 1. The molecule has 22 heavy (non-hydrogen) atoms. The quantitative estimate of drug-likeness (QED) is 0.920. The standard InChI is InChI=1S/C17H20N4O/c1-13-3-2-4-14(11-13)17(22)21-9-7-20(8-10-21)16-6-5-15(18)12-19-16/h2-6,11-12H,7-10,18H2,1H3. The Bertz CT molecular complexity index is 661. The molecule has 1 aliphatic rings. The highest BCUT2D eigenvalue weighted by Crippen LogP contribution is 2.16. The predicted octanol–water partition coefficient (Wildman–Crippen LogP) is 1.93. The van der Waals surface area contributed by atoms with Crippen LogP contribution in [0.1, 0.15) is 15.9 Å². The van der Waals surface area contributed by atoms with Crippen molar-refractivity contribution in [3.63, 3.8) is 0 Å². The molecule has 1 saturated heterocycles. The first-order valence-corrected chi connectivity index (χ1v) is 7.46. The summed E-state index contributed by atoms with van der Waals surface area (Å²) >= 11 is 0. The topological polar surface area (TPSA) is 62.5 Å². The molecule has 2 N–H and O–H groups in total. The van der Waals surface area contributed by atoms with E-state index in [2.05, 4.69) is 9.88 Å². The minimum absolute atomic E-state index is 0.105. The summed E-state index contributed by atoms with van der Waals surface area (Å²) in [6.07, 6.45) is 1.67. The molecule has 0 atom stereocenters. The van der Waals surface area contributed by atoms with E-state index in [1.54, 1.807) is 6.20 Å². The summed E-state index contributed by atoms with van der Waals surface area (Å²) < 4.78 is 0. The van der Waals surface area contributed by atoms with E-state index in [4.69, 9.17) is 5.73 Å². The molecule has 5 nitrogen and oxygen atoms in total. The maximum absolute atomic E-state index is 12.5. The van der Waals surface area contributed by atoms with Crippen molar-refractivity contribution in [2.45, 2.75) is 6.92 Å². The van der Waals surface area contributed by atoms with Gasteiger partial charge in [-0.3, -0.25) is 4.79 Å². The molecular weight excluding hydrogens is 276 g/mol. The number of carbonyl (C=O) groups is 1. The fourth-order valence-electron chi connectivity index (χ4n) is 2.68. The fraction of sp³-hybridized carbons (Fsp3) is 0.294. The van der Waals surface area contributed by atoms with Crippen molar-refractivity contribution in [1.82, 2.24) is 9.88 Å². The molecule has 0 saturated carbocycles. The maximum Gasteiger partial charge on any atom is 0.253 e. The largest absolute Gasteiger partial charge is 0.397 e. The lowest BCUT2D eigenvalue weighted by atomic mass is 10.1. The molecule has 2 heterocycles. The number of amides is 1. The van der Waals surface area contributed by atoms with Gasteiger partial charge in [-0.15, -0.1) is 0 Å². The first-order valence-electron chi connectivity index (χ1n) is 7.46. The molecule has 0 radical (unpaired) electrons. The van der Waals surface area contributed by atoms with Crippen molar-refractivity contribution in [3.05, 3.63) is 53.7 Å². The first-order chi connectivity index (χ1) is 10.6. The molecule has 2 aromatic rings. The van der Waals surface area contributed by atoms with Crippen molar-refractivity contribution < 1.29 is 4.79 Å². The van der Waals surface area contributed by atoms with Crippen LogP contribution in [-0.4, -0.2) is 42.0 Å². The van der Waals surface area contributed by atoms with E-state index >= 15 is 0 Å². The summed E-state index contributed by atoms with van der Waals surface area (Å²) in [4.78, 5) is 20.9. The summed E-state index contributed by atoms with van der Waals surface area (Å²) in [5.41, 5.74) is 8.19. The van der Waals surface area contributed by atoms with Gasteiger partial charge in [-0.05, 0) is 31.2 Å². The van der Waals surface area contributed by atoms with Crippen molar-refractivity contribution in [3.8, 4) is 0 Å². The van der Waals surface area contributed by atoms with Gasteiger partial charge >= 0.3 is 0 Å². The van der Waals surface area contributed by atoms with Gasteiger partial charge in [0.2, 0.25) is 0 Å². The number of nitrogen functional groups attached to an aromatic ring is 1. The molecule has 1 aromatic heterocycles. The second kappa shape index (κ2) is 6.05. The van der Waals surface area contributed by atoms with Crippen LogP contribution in [0, 0.1) is 6.92 Å². The zero-order valence-electron chi connectivity index (χ0n) is 12.7. The average molecular weight is 296 g/mol. The Morgan fingerprint density at radius 2 is 1.91 bits per heavy atom. The molecule has 5 heteroatoms. The van der Waals surface area contributed by atoms with E-state index in [0.29, 0.717) is 18.8 Å². The number of piperazine rings is 1. The lowest BCUT2D eigenvalue weighted by Gasteiger charge is -2.35. The molecule has 1 aliphatic heterocycles. The van der Waals surface area contributed by atoms with Gasteiger partial charge in [0.05, 0.1) is 11.9 Å². The average Bonchev–Trinajstić information content (AvgIpc) is 2.55. The van der Waals surface area contributed by atoms with E-state index in [1.807, 2.05) is 48.2 Å². The van der Waals surface area contributed by atoms with E-state index in [-0.39, 0.29) is 5.91 Å². The second-order valence-electron chi connectivity index (χ2n) is 5.60. The number of pyridine rings is 1. The van der Waals surface area contributed by atoms with E-state index < -0.39 is 0 Å². The zero-order valence-corrected chi connectivity index (χ0v) is 12.7. The summed E-state index contributed by atoms with van der Waals surface area (Å²) in [6, 6.07) is 11.5. The van der Waals surface area contributed by atoms with Crippen LogP contribution < -0.4 is 10.6 Å². The molecule has 114 valence electrons. The highest BCUT2D eigenvalue weighted by molar-refractivity contribution is 5.94. The highest BCUT2D eigenvalue weighted by atomic mass is 16.2. The van der Waals surface area contributed by atoms with E-state index in [1.165, 1.54) is 0 Å². The van der Waals surface area contributed by atoms with Crippen LogP contribution in [0.25, 0.3) is 0 Å². The van der Waals surface area contributed by atoms with Crippen LogP contribution in [0.15, 0.2) is 42.6 Å². The molecule has 1 amide bonds. The molecule has 1 fully saturated rings. The van der Waals surface area contributed by atoms with Gasteiger partial charge in [0.1, 0.15) is 5.82 Å². The molecule has 3 rings (SSSR count). The third kappa shape index (κ3) is 3.03. The molecule has 0 spiro atoms. The van der Waals surface area contributed by atoms with Crippen LogP contribution >= 0.6 is 0 Å². The van der Waals surface area contributed by atoms with E-state index in [0.717, 1.165) is 30.0 Å². The van der Waals surface area contributed by atoms with Gasteiger partial charge in [0.25, 0.3) is 5.91 Å². The van der Waals surface area contributed by atoms with Crippen molar-refractivity contribution >= 4 is 17.4 Å². The SMILES string of the molecule is Cc1cccc(C(=O)N2CCN(c3ccc(N)cn3)CC2)c1. The van der Waals surface area contributed by atoms with E-state index in [9.17, 15) is 4.79 Å². The van der Waals surface area contributed by atoms with Gasteiger partial charge in [-0.25, -0.2) is 4.98 Å². The zero-order chi connectivity index (χ0) is 15.5. The maximum atomic E-state index is 12.5. The molecular formula is C17H20N4O. The minimum Gasteiger partial charge on any atom is -0.397 e. The Kier molecular flexibility index (Phi) is 3.96.